The zero-order chi connectivity index (χ0) is 16.2. The zero-order valence-electron chi connectivity index (χ0n) is 11.8. The number of tetrazole rings is 1. The van der Waals surface area contributed by atoms with Crippen molar-refractivity contribution in [2.24, 2.45) is 0 Å². The maximum Gasteiger partial charge on any atom is 0.293 e. The lowest BCUT2D eigenvalue weighted by Crippen LogP contribution is -2.24. The van der Waals surface area contributed by atoms with E-state index in [0.29, 0.717) is 17.3 Å². The second kappa shape index (κ2) is 6.53. The summed E-state index contributed by atoms with van der Waals surface area (Å²) >= 11 is 5.80. The SMILES string of the molecule is O=C(NCc1ccc(Cl)cc1)c1nnn(-c2ccc(F)cc2)n1. The molecular weight excluding hydrogens is 321 g/mol. The molecule has 1 amide bonds. The fourth-order valence-electron chi connectivity index (χ4n) is 1.85. The van der Waals surface area contributed by atoms with Crippen molar-refractivity contribution in [2.75, 3.05) is 0 Å². The van der Waals surface area contributed by atoms with Crippen molar-refractivity contribution in [3.8, 4) is 5.69 Å². The average Bonchev–Trinajstić information content (AvgIpc) is 3.05. The van der Waals surface area contributed by atoms with Gasteiger partial charge in [0.05, 0.1) is 5.69 Å². The van der Waals surface area contributed by atoms with Crippen LogP contribution in [0.15, 0.2) is 48.5 Å². The van der Waals surface area contributed by atoms with E-state index in [1.165, 1.54) is 24.3 Å². The highest BCUT2D eigenvalue weighted by atomic mass is 35.5. The summed E-state index contributed by atoms with van der Waals surface area (Å²) < 4.78 is 12.9. The van der Waals surface area contributed by atoms with Gasteiger partial charge >= 0.3 is 0 Å². The van der Waals surface area contributed by atoms with E-state index >= 15 is 0 Å². The normalized spacial score (nSPS) is 10.5. The molecule has 0 bridgehead atoms. The molecule has 23 heavy (non-hydrogen) atoms. The molecule has 0 saturated heterocycles. The third-order valence-corrected chi connectivity index (χ3v) is 3.29. The summed E-state index contributed by atoms with van der Waals surface area (Å²) in [6.07, 6.45) is 0. The van der Waals surface area contributed by atoms with Gasteiger partial charge in [-0.15, -0.1) is 15.0 Å². The molecule has 0 unspecified atom stereocenters. The van der Waals surface area contributed by atoms with Gasteiger partial charge in [-0.25, -0.2) is 4.39 Å². The first kappa shape index (κ1) is 15.1. The Morgan fingerprint density at radius 2 is 1.83 bits per heavy atom. The molecule has 3 rings (SSSR count). The fraction of sp³-hybridized carbons (Fsp3) is 0.0667. The number of benzene rings is 2. The van der Waals surface area contributed by atoms with Gasteiger partial charge in [-0.05, 0) is 47.2 Å². The first-order valence-corrected chi connectivity index (χ1v) is 7.08. The number of amides is 1. The second-order valence-electron chi connectivity index (χ2n) is 4.69. The number of aromatic nitrogens is 4. The van der Waals surface area contributed by atoms with Crippen LogP contribution in [0.3, 0.4) is 0 Å². The van der Waals surface area contributed by atoms with Gasteiger partial charge in [0.15, 0.2) is 0 Å². The van der Waals surface area contributed by atoms with Crippen molar-refractivity contribution in [1.82, 2.24) is 25.5 Å². The molecule has 0 atom stereocenters. The maximum absolute atomic E-state index is 12.9. The Labute approximate surface area is 135 Å². The largest absolute Gasteiger partial charge is 0.345 e. The number of carbonyl (C=O) groups is 1. The quantitative estimate of drug-likeness (QED) is 0.796. The third kappa shape index (κ3) is 3.70. The predicted octanol–water partition coefficient (Wildman–Crippen LogP) is 2.38. The summed E-state index contributed by atoms with van der Waals surface area (Å²) in [5.41, 5.74) is 1.41. The summed E-state index contributed by atoms with van der Waals surface area (Å²) in [4.78, 5) is 13.2. The van der Waals surface area contributed by atoms with Gasteiger partial charge in [-0.1, -0.05) is 23.7 Å². The van der Waals surface area contributed by atoms with E-state index in [4.69, 9.17) is 11.6 Å². The minimum atomic E-state index is -0.451. The number of rotatable bonds is 4. The Bertz CT molecular complexity index is 817. The molecule has 0 aliphatic rings. The lowest BCUT2D eigenvalue weighted by molar-refractivity contribution is 0.0940. The van der Waals surface area contributed by atoms with E-state index in [1.54, 1.807) is 12.1 Å². The Hall–Kier alpha value is -2.80. The molecular formula is C15H11ClFN5O. The van der Waals surface area contributed by atoms with Crippen LogP contribution >= 0.6 is 11.6 Å². The van der Waals surface area contributed by atoms with Crippen LogP contribution in [0.1, 0.15) is 16.2 Å². The molecule has 1 aromatic heterocycles. The molecule has 0 aliphatic heterocycles. The van der Waals surface area contributed by atoms with Crippen molar-refractivity contribution in [3.05, 3.63) is 70.8 Å². The smallest absolute Gasteiger partial charge is 0.293 e. The third-order valence-electron chi connectivity index (χ3n) is 3.04. The van der Waals surface area contributed by atoms with Crippen LogP contribution in [0.25, 0.3) is 5.69 Å². The number of carbonyl (C=O) groups excluding carboxylic acids is 1. The molecule has 0 aliphatic carbocycles. The molecule has 0 radical (unpaired) electrons. The van der Waals surface area contributed by atoms with Crippen molar-refractivity contribution >= 4 is 17.5 Å². The van der Waals surface area contributed by atoms with Gasteiger partial charge in [-0.3, -0.25) is 4.79 Å². The zero-order valence-corrected chi connectivity index (χ0v) is 12.5. The van der Waals surface area contributed by atoms with E-state index < -0.39 is 5.91 Å². The summed E-state index contributed by atoms with van der Waals surface area (Å²) in [5.74, 6) is -0.883. The molecule has 6 nitrogen and oxygen atoms in total. The van der Waals surface area contributed by atoms with Crippen molar-refractivity contribution in [1.29, 1.82) is 0 Å². The van der Waals surface area contributed by atoms with Crippen LogP contribution in [-0.4, -0.2) is 26.1 Å². The maximum atomic E-state index is 12.9. The van der Waals surface area contributed by atoms with Crippen LogP contribution in [-0.2, 0) is 6.54 Å². The van der Waals surface area contributed by atoms with Gasteiger partial charge in [0, 0.05) is 11.6 Å². The van der Waals surface area contributed by atoms with Crippen molar-refractivity contribution in [2.45, 2.75) is 6.54 Å². The van der Waals surface area contributed by atoms with Crippen molar-refractivity contribution < 1.29 is 9.18 Å². The molecule has 0 fully saturated rings. The number of hydrogen-bond acceptors (Lipinski definition) is 4. The molecule has 1 heterocycles. The predicted molar refractivity (Wildman–Crippen MR) is 81.7 cm³/mol. The van der Waals surface area contributed by atoms with Crippen LogP contribution in [0.5, 0.6) is 0 Å². The molecule has 8 heteroatoms. The highest BCUT2D eigenvalue weighted by molar-refractivity contribution is 6.30. The van der Waals surface area contributed by atoms with Crippen LogP contribution in [0.4, 0.5) is 4.39 Å². The fourth-order valence-corrected chi connectivity index (χ4v) is 1.98. The summed E-state index contributed by atoms with van der Waals surface area (Å²) in [6, 6.07) is 12.6. The Morgan fingerprint density at radius 3 is 2.52 bits per heavy atom. The number of nitrogens with one attached hydrogen (secondary N) is 1. The van der Waals surface area contributed by atoms with Gasteiger partial charge in [0.1, 0.15) is 5.82 Å². The van der Waals surface area contributed by atoms with E-state index in [9.17, 15) is 9.18 Å². The Balaban J connectivity index is 1.66. The van der Waals surface area contributed by atoms with E-state index in [-0.39, 0.29) is 11.6 Å². The highest BCUT2D eigenvalue weighted by Crippen LogP contribution is 2.09. The summed E-state index contributed by atoms with van der Waals surface area (Å²) in [5, 5.41) is 14.8. The van der Waals surface area contributed by atoms with Crippen LogP contribution < -0.4 is 5.32 Å². The molecule has 116 valence electrons. The van der Waals surface area contributed by atoms with E-state index in [0.717, 1.165) is 10.4 Å². The first-order chi connectivity index (χ1) is 11.1. The van der Waals surface area contributed by atoms with Crippen molar-refractivity contribution in [3.63, 3.8) is 0 Å². The summed E-state index contributed by atoms with van der Waals surface area (Å²) in [6.45, 7) is 0.321. The molecule has 3 aromatic rings. The van der Waals surface area contributed by atoms with Gasteiger partial charge in [0.2, 0.25) is 0 Å². The summed E-state index contributed by atoms with van der Waals surface area (Å²) in [7, 11) is 0. The van der Waals surface area contributed by atoms with Gasteiger partial charge in [-0.2, -0.15) is 0 Å². The second-order valence-corrected chi connectivity index (χ2v) is 5.12. The van der Waals surface area contributed by atoms with E-state index in [1.807, 2.05) is 12.1 Å². The number of hydrogen-bond donors (Lipinski definition) is 1. The highest BCUT2D eigenvalue weighted by Gasteiger charge is 2.13. The number of nitrogens with zero attached hydrogens (tertiary/aromatic N) is 4. The molecule has 0 saturated carbocycles. The van der Waals surface area contributed by atoms with Crippen LogP contribution in [0.2, 0.25) is 5.02 Å². The lowest BCUT2D eigenvalue weighted by atomic mass is 10.2. The average molecular weight is 332 g/mol. The standard InChI is InChI=1S/C15H11ClFN5O/c16-11-3-1-10(2-4-11)9-18-15(23)14-19-21-22(20-14)13-7-5-12(17)6-8-13/h1-8H,9H2,(H,18,23). The van der Waals surface area contributed by atoms with Gasteiger partial charge < -0.3 is 5.32 Å². The first-order valence-electron chi connectivity index (χ1n) is 6.70. The molecule has 0 spiro atoms. The Morgan fingerprint density at radius 1 is 1.13 bits per heavy atom. The molecule has 1 N–H and O–H groups in total. The monoisotopic (exact) mass is 331 g/mol. The minimum Gasteiger partial charge on any atom is -0.345 e. The lowest BCUT2D eigenvalue weighted by Gasteiger charge is -2.02. The van der Waals surface area contributed by atoms with E-state index in [2.05, 4.69) is 20.7 Å². The molecule has 2 aromatic carbocycles. The Kier molecular flexibility index (Phi) is 4.29. The topological polar surface area (TPSA) is 72.7 Å². The number of halogens is 2. The van der Waals surface area contributed by atoms with Gasteiger partial charge in [0.25, 0.3) is 11.7 Å². The van der Waals surface area contributed by atoms with Crippen LogP contribution in [0, 0.1) is 5.82 Å². The minimum absolute atomic E-state index is 0.0664.